The number of nitrogen functional groups attached to an aromatic ring is 1. The van der Waals surface area contributed by atoms with E-state index in [1.807, 2.05) is 0 Å². The van der Waals surface area contributed by atoms with E-state index in [0.29, 0.717) is 10.6 Å². The monoisotopic (exact) mass is 267 g/mol. The Balaban J connectivity index is 2.07. The highest BCUT2D eigenvalue weighted by atomic mass is 32.2. The Labute approximate surface area is 106 Å². The number of hydrogen-bond donors (Lipinski definition) is 2. The van der Waals surface area contributed by atoms with Crippen LogP contribution in [0.3, 0.4) is 0 Å². The number of carboxylic acids is 1. The molecule has 0 aromatic carbocycles. The lowest BCUT2D eigenvalue weighted by Gasteiger charge is -2.01. The van der Waals surface area contributed by atoms with Gasteiger partial charge in [-0.15, -0.1) is 23.1 Å². The quantitative estimate of drug-likeness (QED) is 0.825. The van der Waals surface area contributed by atoms with E-state index in [1.54, 1.807) is 23.7 Å². The van der Waals surface area contributed by atoms with E-state index in [1.165, 1.54) is 23.1 Å². The number of nitrogens with two attached hydrogens (primary N) is 1. The van der Waals surface area contributed by atoms with Gasteiger partial charge in [0.25, 0.3) is 0 Å². The normalized spacial score (nSPS) is 10.4. The van der Waals surface area contributed by atoms with Crippen LogP contribution < -0.4 is 5.73 Å². The molecule has 88 valence electrons. The summed E-state index contributed by atoms with van der Waals surface area (Å²) in [5.74, 6) is -0.0967. The summed E-state index contributed by atoms with van der Waals surface area (Å²) in [4.78, 5) is 19.9. The predicted octanol–water partition coefficient (Wildman–Crippen LogP) is 2.11. The Hall–Kier alpha value is -1.60. The first kappa shape index (κ1) is 11.9. The molecule has 2 aromatic rings. The standard InChI is InChI=1S/C10H9N3O2S2/c11-10-12-3-1-6(13-10)5-17-7-2-4-16-8(7)9(14)15/h1-4H,5H2,(H,14,15)(H2,11,12,13). The SMILES string of the molecule is Nc1nccc(CSc2ccsc2C(=O)O)n1. The van der Waals surface area contributed by atoms with Crippen LogP contribution in [-0.4, -0.2) is 21.0 Å². The summed E-state index contributed by atoms with van der Waals surface area (Å²) in [5, 5.41) is 10.7. The van der Waals surface area contributed by atoms with E-state index >= 15 is 0 Å². The summed E-state index contributed by atoms with van der Waals surface area (Å²) >= 11 is 2.65. The van der Waals surface area contributed by atoms with Gasteiger partial charge in [-0.3, -0.25) is 0 Å². The maximum atomic E-state index is 10.9. The minimum absolute atomic E-state index is 0.229. The maximum absolute atomic E-state index is 10.9. The molecule has 0 aliphatic carbocycles. The number of thiophene rings is 1. The van der Waals surface area contributed by atoms with Crippen molar-refractivity contribution in [3.05, 3.63) is 34.3 Å². The second-order valence-electron chi connectivity index (χ2n) is 3.11. The van der Waals surface area contributed by atoms with Gasteiger partial charge in [0.15, 0.2) is 0 Å². The Kier molecular flexibility index (Phi) is 3.60. The topological polar surface area (TPSA) is 89.1 Å². The molecule has 0 bridgehead atoms. The smallest absolute Gasteiger partial charge is 0.347 e. The van der Waals surface area contributed by atoms with Crippen LogP contribution in [0.1, 0.15) is 15.4 Å². The van der Waals surface area contributed by atoms with Crippen molar-refractivity contribution >= 4 is 35.0 Å². The van der Waals surface area contributed by atoms with E-state index < -0.39 is 5.97 Å². The first-order chi connectivity index (χ1) is 8.16. The highest BCUT2D eigenvalue weighted by molar-refractivity contribution is 7.98. The van der Waals surface area contributed by atoms with Crippen molar-refractivity contribution in [2.24, 2.45) is 0 Å². The molecule has 7 heteroatoms. The van der Waals surface area contributed by atoms with E-state index in [9.17, 15) is 4.79 Å². The van der Waals surface area contributed by atoms with Crippen molar-refractivity contribution in [1.29, 1.82) is 0 Å². The number of rotatable bonds is 4. The number of anilines is 1. The molecule has 0 spiro atoms. The van der Waals surface area contributed by atoms with Crippen molar-refractivity contribution in [3.63, 3.8) is 0 Å². The molecule has 0 aliphatic rings. The molecule has 2 rings (SSSR count). The van der Waals surface area contributed by atoms with Gasteiger partial charge < -0.3 is 10.8 Å². The summed E-state index contributed by atoms with van der Waals surface area (Å²) in [6, 6.07) is 3.56. The van der Waals surface area contributed by atoms with E-state index in [0.717, 1.165) is 10.6 Å². The van der Waals surface area contributed by atoms with Crippen molar-refractivity contribution in [3.8, 4) is 0 Å². The Morgan fingerprint density at radius 3 is 3.06 bits per heavy atom. The second kappa shape index (κ2) is 5.15. The van der Waals surface area contributed by atoms with Crippen LogP contribution in [0, 0.1) is 0 Å². The fraction of sp³-hybridized carbons (Fsp3) is 0.100. The minimum atomic E-state index is -0.898. The third kappa shape index (κ3) is 2.95. The molecule has 3 N–H and O–H groups in total. The third-order valence-corrected chi connectivity index (χ3v) is 4.05. The maximum Gasteiger partial charge on any atom is 0.347 e. The molecule has 0 radical (unpaired) electrons. The second-order valence-corrected chi connectivity index (χ2v) is 5.05. The van der Waals surface area contributed by atoms with Gasteiger partial charge >= 0.3 is 5.97 Å². The van der Waals surface area contributed by atoms with Crippen molar-refractivity contribution in [2.45, 2.75) is 10.6 Å². The van der Waals surface area contributed by atoms with Crippen LogP contribution in [0.4, 0.5) is 5.95 Å². The number of nitrogens with zero attached hydrogens (tertiary/aromatic N) is 2. The van der Waals surface area contributed by atoms with Gasteiger partial charge in [-0.1, -0.05) is 0 Å². The minimum Gasteiger partial charge on any atom is -0.477 e. The molecule has 5 nitrogen and oxygen atoms in total. The van der Waals surface area contributed by atoms with Crippen LogP contribution in [0.25, 0.3) is 0 Å². The molecule has 0 fully saturated rings. The number of carbonyl (C=O) groups is 1. The Morgan fingerprint density at radius 1 is 1.53 bits per heavy atom. The van der Waals surface area contributed by atoms with Gasteiger partial charge in [-0.05, 0) is 17.5 Å². The molecular weight excluding hydrogens is 258 g/mol. The molecule has 0 amide bonds. The van der Waals surface area contributed by atoms with Crippen molar-refractivity contribution in [2.75, 3.05) is 5.73 Å². The molecule has 0 saturated carbocycles. The largest absolute Gasteiger partial charge is 0.477 e. The number of aromatic carboxylic acids is 1. The summed E-state index contributed by atoms with van der Waals surface area (Å²) in [6.07, 6.45) is 1.59. The fourth-order valence-electron chi connectivity index (χ4n) is 1.21. The molecular formula is C10H9N3O2S2. The number of thioether (sulfide) groups is 1. The molecule has 2 heterocycles. The van der Waals surface area contributed by atoms with Crippen molar-refractivity contribution in [1.82, 2.24) is 9.97 Å². The zero-order valence-corrected chi connectivity index (χ0v) is 10.3. The highest BCUT2D eigenvalue weighted by Gasteiger charge is 2.12. The van der Waals surface area contributed by atoms with E-state index in [4.69, 9.17) is 10.8 Å². The van der Waals surface area contributed by atoms with Gasteiger partial charge in [0, 0.05) is 16.8 Å². The Bertz CT molecular complexity index is 542. The summed E-state index contributed by atoms with van der Waals surface area (Å²) < 4.78 is 0. The molecule has 0 saturated heterocycles. The van der Waals surface area contributed by atoms with E-state index in [2.05, 4.69) is 9.97 Å². The summed E-state index contributed by atoms with van der Waals surface area (Å²) in [6.45, 7) is 0. The van der Waals surface area contributed by atoms with Gasteiger partial charge in [-0.25, -0.2) is 14.8 Å². The van der Waals surface area contributed by atoms with Crippen LogP contribution in [0.15, 0.2) is 28.6 Å². The van der Waals surface area contributed by atoms with Gasteiger partial charge in [0.1, 0.15) is 4.88 Å². The lowest BCUT2D eigenvalue weighted by molar-refractivity contribution is 0.0699. The average molecular weight is 267 g/mol. The molecule has 0 atom stereocenters. The van der Waals surface area contributed by atoms with Crippen LogP contribution >= 0.6 is 23.1 Å². The third-order valence-electron chi connectivity index (χ3n) is 1.93. The molecule has 0 unspecified atom stereocenters. The van der Waals surface area contributed by atoms with E-state index in [-0.39, 0.29) is 5.95 Å². The van der Waals surface area contributed by atoms with Gasteiger partial charge in [0.05, 0.1) is 5.69 Å². The van der Waals surface area contributed by atoms with Gasteiger partial charge in [-0.2, -0.15) is 0 Å². The Morgan fingerprint density at radius 2 is 2.35 bits per heavy atom. The molecule has 2 aromatic heterocycles. The zero-order valence-electron chi connectivity index (χ0n) is 8.66. The average Bonchev–Trinajstić information content (AvgIpc) is 2.74. The first-order valence-electron chi connectivity index (χ1n) is 4.68. The first-order valence-corrected chi connectivity index (χ1v) is 6.54. The van der Waals surface area contributed by atoms with Crippen LogP contribution in [0.5, 0.6) is 0 Å². The number of hydrogen-bond acceptors (Lipinski definition) is 6. The predicted molar refractivity (Wildman–Crippen MR) is 67.3 cm³/mol. The summed E-state index contributed by atoms with van der Waals surface area (Å²) in [7, 11) is 0. The van der Waals surface area contributed by atoms with Crippen LogP contribution in [-0.2, 0) is 5.75 Å². The molecule has 0 aliphatic heterocycles. The lowest BCUT2D eigenvalue weighted by Crippen LogP contribution is -1.97. The van der Waals surface area contributed by atoms with Gasteiger partial charge in [0.2, 0.25) is 5.95 Å². The number of carboxylic acid groups (broad SMARTS) is 1. The van der Waals surface area contributed by atoms with Crippen molar-refractivity contribution < 1.29 is 9.90 Å². The molecule has 17 heavy (non-hydrogen) atoms. The summed E-state index contributed by atoms with van der Waals surface area (Å²) in [5.41, 5.74) is 6.24. The number of aromatic nitrogens is 2. The zero-order chi connectivity index (χ0) is 12.3. The highest BCUT2D eigenvalue weighted by Crippen LogP contribution is 2.29. The fourth-order valence-corrected chi connectivity index (χ4v) is 3.09. The lowest BCUT2D eigenvalue weighted by atomic mass is 10.4. The van der Waals surface area contributed by atoms with Crippen LogP contribution in [0.2, 0.25) is 0 Å².